The van der Waals surface area contributed by atoms with E-state index in [0.29, 0.717) is 6.54 Å². The summed E-state index contributed by atoms with van der Waals surface area (Å²) in [6.45, 7) is 3.62. The van der Waals surface area contributed by atoms with Gasteiger partial charge in [0, 0.05) is 24.5 Å². The molecule has 0 bridgehead atoms. The first-order valence-corrected chi connectivity index (χ1v) is 11.8. The molecule has 3 heterocycles. The van der Waals surface area contributed by atoms with Crippen LogP contribution in [0.3, 0.4) is 0 Å². The van der Waals surface area contributed by atoms with E-state index >= 15 is 0 Å². The van der Waals surface area contributed by atoms with E-state index in [1.807, 2.05) is 18.2 Å². The molecule has 5 nitrogen and oxygen atoms in total. The molecule has 2 aliphatic rings. The van der Waals surface area contributed by atoms with Crippen molar-refractivity contribution in [3.8, 4) is 0 Å². The second-order valence-corrected chi connectivity index (χ2v) is 9.35. The van der Waals surface area contributed by atoms with Gasteiger partial charge in [-0.25, -0.2) is 4.98 Å². The molecule has 30 heavy (non-hydrogen) atoms. The van der Waals surface area contributed by atoms with Gasteiger partial charge >= 0.3 is 0 Å². The molecule has 0 spiro atoms. The van der Waals surface area contributed by atoms with Crippen LogP contribution in [0.4, 0.5) is 11.4 Å². The number of rotatable bonds is 5. The van der Waals surface area contributed by atoms with Gasteiger partial charge in [-0.1, -0.05) is 18.6 Å². The Morgan fingerprint density at radius 1 is 1.00 bits per heavy atom. The van der Waals surface area contributed by atoms with Crippen LogP contribution < -0.4 is 10.2 Å². The third-order valence-electron chi connectivity index (χ3n) is 6.18. The maximum absolute atomic E-state index is 12.8. The summed E-state index contributed by atoms with van der Waals surface area (Å²) in [5.74, 6) is 0.0527. The van der Waals surface area contributed by atoms with Gasteiger partial charge in [-0.2, -0.15) is 0 Å². The standard InChI is InChI=1S/C24H28N4OS/c29-23(25-18-10-12-19(13-11-18)27-14-5-6-15-27)17-28-16-4-3-8-21(28)24-26-20-7-1-2-9-22(20)30-24/h1-2,7,9-13,21H,3-6,8,14-17H2,(H,25,29)/t21-/m1/s1. The summed E-state index contributed by atoms with van der Waals surface area (Å²) in [4.78, 5) is 22.4. The molecule has 2 aliphatic heterocycles. The minimum absolute atomic E-state index is 0.0527. The molecular weight excluding hydrogens is 392 g/mol. The predicted octanol–water partition coefficient (Wildman–Crippen LogP) is 5.06. The van der Waals surface area contributed by atoms with E-state index in [0.717, 1.165) is 48.7 Å². The summed E-state index contributed by atoms with van der Waals surface area (Å²) in [5, 5.41) is 4.23. The van der Waals surface area contributed by atoms with Crippen LogP contribution in [0.25, 0.3) is 10.2 Å². The van der Waals surface area contributed by atoms with Gasteiger partial charge in [0.2, 0.25) is 5.91 Å². The van der Waals surface area contributed by atoms with Gasteiger partial charge in [-0.05, 0) is 68.6 Å². The Balaban J connectivity index is 1.24. The number of fused-ring (bicyclic) bond motifs is 1. The molecule has 1 N–H and O–H groups in total. The van der Waals surface area contributed by atoms with Gasteiger partial charge in [0.05, 0.1) is 22.8 Å². The minimum Gasteiger partial charge on any atom is -0.372 e. The number of nitrogens with zero attached hydrogens (tertiary/aromatic N) is 3. The summed E-state index contributed by atoms with van der Waals surface area (Å²) in [6.07, 6.45) is 5.93. The third-order valence-corrected chi connectivity index (χ3v) is 7.32. The second kappa shape index (κ2) is 8.74. The monoisotopic (exact) mass is 420 g/mol. The zero-order valence-corrected chi connectivity index (χ0v) is 18.0. The van der Waals surface area contributed by atoms with Crippen molar-refractivity contribution in [3.63, 3.8) is 0 Å². The number of benzene rings is 2. The lowest BCUT2D eigenvalue weighted by Gasteiger charge is -2.33. The van der Waals surface area contributed by atoms with Crippen LogP contribution in [0.1, 0.15) is 43.2 Å². The Kier molecular flexibility index (Phi) is 5.69. The Bertz CT molecular complexity index is 976. The van der Waals surface area contributed by atoms with E-state index in [4.69, 9.17) is 4.98 Å². The van der Waals surface area contributed by atoms with Crippen molar-refractivity contribution in [1.29, 1.82) is 0 Å². The fourth-order valence-electron chi connectivity index (χ4n) is 4.61. The summed E-state index contributed by atoms with van der Waals surface area (Å²) >= 11 is 1.76. The van der Waals surface area contributed by atoms with Crippen LogP contribution in [0.2, 0.25) is 0 Å². The number of hydrogen-bond acceptors (Lipinski definition) is 5. The van der Waals surface area contributed by atoms with Crippen LogP contribution in [0.5, 0.6) is 0 Å². The first-order chi connectivity index (χ1) is 14.8. The molecule has 0 radical (unpaired) electrons. The van der Waals surface area contributed by atoms with Gasteiger partial charge < -0.3 is 10.2 Å². The smallest absolute Gasteiger partial charge is 0.238 e. The average molecular weight is 421 g/mol. The molecule has 0 saturated carbocycles. The molecule has 0 aliphatic carbocycles. The number of para-hydroxylation sites is 1. The lowest BCUT2D eigenvalue weighted by atomic mass is 10.0. The molecule has 0 unspecified atom stereocenters. The number of likely N-dealkylation sites (tertiary alicyclic amines) is 1. The quantitative estimate of drug-likeness (QED) is 0.627. The van der Waals surface area contributed by atoms with E-state index in [9.17, 15) is 4.79 Å². The molecule has 2 fully saturated rings. The lowest BCUT2D eigenvalue weighted by molar-refractivity contribution is -0.118. The van der Waals surface area contributed by atoms with Crippen molar-refractivity contribution in [2.75, 3.05) is 36.4 Å². The van der Waals surface area contributed by atoms with Gasteiger partial charge in [-0.15, -0.1) is 11.3 Å². The van der Waals surface area contributed by atoms with Crippen LogP contribution in [-0.4, -0.2) is 42.0 Å². The zero-order valence-electron chi connectivity index (χ0n) is 17.2. The Hall–Kier alpha value is -2.44. The molecule has 1 aromatic heterocycles. The highest BCUT2D eigenvalue weighted by Gasteiger charge is 2.28. The van der Waals surface area contributed by atoms with Crippen molar-refractivity contribution in [2.24, 2.45) is 0 Å². The molecule has 6 heteroatoms. The number of nitrogens with one attached hydrogen (secondary N) is 1. The highest BCUT2D eigenvalue weighted by molar-refractivity contribution is 7.18. The highest BCUT2D eigenvalue weighted by Crippen LogP contribution is 2.35. The van der Waals surface area contributed by atoms with E-state index in [-0.39, 0.29) is 11.9 Å². The molecule has 1 amide bonds. The second-order valence-electron chi connectivity index (χ2n) is 8.29. The van der Waals surface area contributed by atoms with Crippen molar-refractivity contribution >= 4 is 38.8 Å². The Morgan fingerprint density at radius 3 is 2.57 bits per heavy atom. The predicted molar refractivity (Wildman–Crippen MR) is 124 cm³/mol. The highest BCUT2D eigenvalue weighted by atomic mass is 32.1. The minimum atomic E-state index is 0.0527. The Labute approximate surface area is 181 Å². The molecule has 5 rings (SSSR count). The largest absolute Gasteiger partial charge is 0.372 e. The van der Waals surface area contributed by atoms with E-state index in [2.05, 4.69) is 45.4 Å². The number of aromatic nitrogens is 1. The zero-order chi connectivity index (χ0) is 20.3. The maximum atomic E-state index is 12.8. The number of hydrogen-bond donors (Lipinski definition) is 1. The number of anilines is 2. The maximum Gasteiger partial charge on any atom is 0.238 e. The number of thiazole rings is 1. The summed E-state index contributed by atoms with van der Waals surface area (Å²) < 4.78 is 1.22. The molecule has 1 atom stereocenters. The van der Waals surface area contributed by atoms with Crippen molar-refractivity contribution in [3.05, 3.63) is 53.5 Å². The molecule has 156 valence electrons. The molecule has 3 aromatic rings. The normalized spacial score (nSPS) is 20.0. The number of carbonyl (C=O) groups excluding carboxylic acids is 1. The van der Waals surface area contributed by atoms with Gasteiger partial charge in [0.25, 0.3) is 0 Å². The summed E-state index contributed by atoms with van der Waals surface area (Å²) in [7, 11) is 0. The third kappa shape index (κ3) is 4.20. The molecule has 2 aromatic carbocycles. The fourth-order valence-corrected chi connectivity index (χ4v) is 5.75. The van der Waals surface area contributed by atoms with E-state index < -0.39 is 0 Å². The summed E-state index contributed by atoms with van der Waals surface area (Å²) in [6, 6.07) is 16.8. The molecular formula is C24H28N4OS. The van der Waals surface area contributed by atoms with Gasteiger partial charge in [0.1, 0.15) is 5.01 Å². The van der Waals surface area contributed by atoms with Crippen molar-refractivity contribution < 1.29 is 4.79 Å². The first kappa shape index (κ1) is 19.5. The van der Waals surface area contributed by atoms with Crippen molar-refractivity contribution in [2.45, 2.75) is 38.1 Å². The lowest BCUT2D eigenvalue weighted by Crippen LogP contribution is -2.39. The Morgan fingerprint density at radius 2 is 1.77 bits per heavy atom. The summed E-state index contributed by atoms with van der Waals surface area (Å²) in [5.41, 5.74) is 3.18. The molecule has 2 saturated heterocycles. The SMILES string of the molecule is O=C(CN1CCCC[C@@H]1c1nc2ccccc2s1)Nc1ccc(N2CCCC2)cc1. The van der Waals surface area contributed by atoms with Crippen LogP contribution in [0.15, 0.2) is 48.5 Å². The topological polar surface area (TPSA) is 48.5 Å². The van der Waals surface area contributed by atoms with Crippen LogP contribution in [0, 0.1) is 0 Å². The van der Waals surface area contributed by atoms with E-state index in [1.54, 1.807) is 11.3 Å². The number of amides is 1. The van der Waals surface area contributed by atoms with Crippen LogP contribution in [-0.2, 0) is 4.79 Å². The van der Waals surface area contributed by atoms with Gasteiger partial charge in [0.15, 0.2) is 0 Å². The van der Waals surface area contributed by atoms with Crippen molar-refractivity contribution in [1.82, 2.24) is 9.88 Å². The van der Waals surface area contributed by atoms with Crippen LogP contribution >= 0.6 is 11.3 Å². The van der Waals surface area contributed by atoms with E-state index in [1.165, 1.54) is 29.6 Å². The average Bonchev–Trinajstić information content (AvgIpc) is 3.45. The number of piperidine rings is 1. The van der Waals surface area contributed by atoms with Gasteiger partial charge in [-0.3, -0.25) is 9.69 Å². The first-order valence-electron chi connectivity index (χ1n) is 11.0. The number of carbonyl (C=O) groups is 1. The fraction of sp³-hybridized carbons (Fsp3) is 0.417.